The van der Waals surface area contributed by atoms with Crippen LogP contribution in [0.5, 0.6) is 0 Å². The van der Waals surface area contributed by atoms with Gasteiger partial charge >= 0.3 is 6.18 Å². The zero-order valence-corrected chi connectivity index (χ0v) is 18.6. The number of alkyl halides is 3. The van der Waals surface area contributed by atoms with E-state index in [1.165, 1.54) is 33.2 Å². The second kappa shape index (κ2) is 7.29. The van der Waals surface area contributed by atoms with Crippen LogP contribution in [0.4, 0.5) is 13.2 Å². The number of halogens is 3. The lowest BCUT2D eigenvalue weighted by atomic mass is 9.81. The summed E-state index contributed by atoms with van der Waals surface area (Å²) in [5.41, 5.74) is 6.10. The lowest BCUT2D eigenvalue weighted by Crippen LogP contribution is -2.36. The van der Waals surface area contributed by atoms with Crippen molar-refractivity contribution < 1.29 is 22.3 Å². The van der Waals surface area contributed by atoms with Gasteiger partial charge in [0.1, 0.15) is 13.0 Å². The molecule has 5 heteroatoms. The van der Waals surface area contributed by atoms with E-state index in [2.05, 4.69) is 61.9 Å². The van der Waals surface area contributed by atoms with E-state index in [0.29, 0.717) is 0 Å². The van der Waals surface area contributed by atoms with Crippen LogP contribution in [0, 0.1) is 0 Å². The van der Waals surface area contributed by atoms with Crippen LogP contribution in [-0.2, 0) is 18.5 Å². The van der Waals surface area contributed by atoms with E-state index >= 15 is 0 Å². The van der Waals surface area contributed by atoms with Crippen molar-refractivity contribution in [2.45, 2.75) is 58.3 Å². The quantitative estimate of drug-likeness (QED) is 0.335. The van der Waals surface area contributed by atoms with Gasteiger partial charge in [0.25, 0.3) is 0 Å². The van der Waals surface area contributed by atoms with Crippen molar-refractivity contribution in [3.63, 3.8) is 0 Å². The highest BCUT2D eigenvalue weighted by Crippen LogP contribution is 2.52. The Morgan fingerprint density at radius 1 is 0.906 bits per heavy atom. The number of hydrogen-bond donors (Lipinski definition) is 0. The lowest BCUT2D eigenvalue weighted by Gasteiger charge is -2.22. The van der Waals surface area contributed by atoms with E-state index in [-0.39, 0.29) is 12.0 Å². The molecule has 0 radical (unpaired) electrons. The highest BCUT2D eigenvalue weighted by Gasteiger charge is 2.41. The van der Waals surface area contributed by atoms with E-state index in [1.807, 2.05) is 18.3 Å². The second-order valence-corrected chi connectivity index (χ2v) is 9.29. The molecule has 2 aromatic carbocycles. The van der Waals surface area contributed by atoms with Gasteiger partial charge in [-0.25, -0.2) is 4.57 Å². The molecular formula is C27H27F3N2+2. The van der Waals surface area contributed by atoms with Crippen molar-refractivity contribution in [2.24, 2.45) is 0 Å². The minimum absolute atomic E-state index is 0.0677. The van der Waals surface area contributed by atoms with Gasteiger partial charge in [0, 0.05) is 40.5 Å². The molecule has 1 aliphatic rings. The fraction of sp³-hybridized carbons (Fsp3) is 0.333. The topological polar surface area (TPSA) is 7.76 Å². The molecule has 0 atom stereocenters. The van der Waals surface area contributed by atoms with E-state index in [1.54, 1.807) is 10.8 Å². The second-order valence-electron chi connectivity index (χ2n) is 9.29. The standard InChI is InChI=1S/C27H27F3N2/c1-4-13-32-17-22-24(20-7-5-6-8-23(20)32)21-10-9-18-16-31(15-12-27(28,29)30)14-11-19(18)25(21)26(22,2)3/h5-11,14,16-17H,4,12-13,15H2,1-3H3/q+2. The fourth-order valence-corrected chi connectivity index (χ4v) is 5.29. The number of rotatable bonds is 4. The molecular weight excluding hydrogens is 409 g/mol. The maximum Gasteiger partial charge on any atom is 0.395 e. The minimum Gasteiger partial charge on any atom is -0.204 e. The number of aromatic nitrogens is 2. The van der Waals surface area contributed by atoms with E-state index in [9.17, 15) is 13.2 Å². The molecule has 0 unspecified atom stereocenters. The molecule has 0 aliphatic heterocycles. The molecule has 0 saturated heterocycles. The molecule has 1 aliphatic carbocycles. The lowest BCUT2D eigenvalue weighted by molar-refractivity contribution is -0.698. The summed E-state index contributed by atoms with van der Waals surface area (Å²) in [6, 6.07) is 14.7. The molecule has 2 nitrogen and oxygen atoms in total. The van der Waals surface area contributed by atoms with Gasteiger partial charge in [-0.05, 0) is 28.6 Å². The molecule has 2 heterocycles. The van der Waals surface area contributed by atoms with Crippen LogP contribution in [-0.4, -0.2) is 6.18 Å². The molecule has 5 rings (SSSR count). The van der Waals surface area contributed by atoms with Crippen molar-refractivity contribution >= 4 is 21.7 Å². The van der Waals surface area contributed by atoms with Crippen molar-refractivity contribution in [2.75, 3.05) is 0 Å². The average molecular weight is 437 g/mol. The third-order valence-electron chi connectivity index (χ3n) is 6.74. The molecule has 0 saturated carbocycles. The maximum absolute atomic E-state index is 12.7. The Balaban J connectivity index is 1.72. The molecule has 0 spiro atoms. The fourth-order valence-electron chi connectivity index (χ4n) is 5.29. The van der Waals surface area contributed by atoms with Gasteiger partial charge in [-0.2, -0.15) is 17.7 Å². The van der Waals surface area contributed by atoms with Gasteiger partial charge in [0.05, 0.1) is 5.39 Å². The first kappa shape index (κ1) is 20.9. The van der Waals surface area contributed by atoms with Crippen LogP contribution >= 0.6 is 0 Å². The summed E-state index contributed by atoms with van der Waals surface area (Å²) in [6.07, 6.45) is 2.01. The Morgan fingerprint density at radius 3 is 2.44 bits per heavy atom. The zero-order chi connectivity index (χ0) is 22.7. The molecule has 0 N–H and O–H groups in total. The highest BCUT2D eigenvalue weighted by atomic mass is 19.4. The van der Waals surface area contributed by atoms with E-state index < -0.39 is 12.6 Å². The summed E-state index contributed by atoms with van der Waals surface area (Å²) < 4.78 is 42.1. The molecule has 4 aromatic rings. The van der Waals surface area contributed by atoms with Crippen LogP contribution < -0.4 is 9.13 Å². The number of hydrogen-bond acceptors (Lipinski definition) is 0. The van der Waals surface area contributed by atoms with Crippen LogP contribution in [0.25, 0.3) is 32.8 Å². The number of fused-ring (bicyclic) bond motifs is 7. The minimum atomic E-state index is -4.15. The molecule has 0 amide bonds. The highest BCUT2D eigenvalue weighted by molar-refractivity contribution is 6.04. The molecule has 0 fully saturated rings. The molecule has 2 aromatic heterocycles. The Bertz CT molecular complexity index is 1350. The molecule has 0 bridgehead atoms. The Morgan fingerprint density at radius 2 is 1.69 bits per heavy atom. The summed E-state index contributed by atoms with van der Waals surface area (Å²) >= 11 is 0. The third kappa shape index (κ3) is 3.26. The number of aryl methyl sites for hydroxylation is 2. The molecule has 164 valence electrons. The monoisotopic (exact) mass is 436 g/mol. The van der Waals surface area contributed by atoms with Crippen molar-refractivity contribution in [3.05, 3.63) is 72.2 Å². The summed E-state index contributed by atoms with van der Waals surface area (Å²) in [5, 5.41) is 3.33. The van der Waals surface area contributed by atoms with E-state index in [0.717, 1.165) is 23.7 Å². The summed E-state index contributed by atoms with van der Waals surface area (Å²) in [7, 11) is 0. The van der Waals surface area contributed by atoms with Crippen LogP contribution in [0.2, 0.25) is 0 Å². The third-order valence-corrected chi connectivity index (χ3v) is 6.74. The van der Waals surface area contributed by atoms with Crippen LogP contribution in [0.3, 0.4) is 0 Å². The van der Waals surface area contributed by atoms with Gasteiger partial charge in [-0.1, -0.05) is 39.0 Å². The smallest absolute Gasteiger partial charge is 0.204 e. The zero-order valence-electron chi connectivity index (χ0n) is 18.6. The van der Waals surface area contributed by atoms with E-state index in [4.69, 9.17) is 0 Å². The van der Waals surface area contributed by atoms with Gasteiger partial charge < -0.3 is 0 Å². The largest absolute Gasteiger partial charge is 0.395 e. The van der Waals surface area contributed by atoms with Gasteiger partial charge in [-0.3, -0.25) is 0 Å². The Labute approximate surface area is 185 Å². The predicted octanol–water partition coefficient (Wildman–Crippen LogP) is 6.24. The first-order valence-corrected chi connectivity index (χ1v) is 11.2. The summed E-state index contributed by atoms with van der Waals surface area (Å²) in [5.74, 6) is 0. The first-order chi connectivity index (χ1) is 15.2. The van der Waals surface area contributed by atoms with Crippen LogP contribution in [0.1, 0.15) is 44.7 Å². The van der Waals surface area contributed by atoms with Gasteiger partial charge in [0.15, 0.2) is 25.1 Å². The van der Waals surface area contributed by atoms with Crippen molar-refractivity contribution in [1.82, 2.24) is 0 Å². The summed E-state index contributed by atoms with van der Waals surface area (Å²) in [6.45, 7) is 7.60. The summed E-state index contributed by atoms with van der Waals surface area (Å²) in [4.78, 5) is 0. The van der Waals surface area contributed by atoms with Gasteiger partial charge in [-0.15, -0.1) is 0 Å². The number of benzene rings is 2. The predicted molar refractivity (Wildman–Crippen MR) is 120 cm³/mol. The Kier molecular flexibility index (Phi) is 4.77. The average Bonchev–Trinajstić information content (AvgIpc) is 2.99. The molecule has 32 heavy (non-hydrogen) atoms. The van der Waals surface area contributed by atoms with Crippen molar-refractivity contribution in [3.8, 4) is 11.1 Å². The number of pyridine rings is 2. The van der Waals surface area contributed by atoms with Crippen LogP contribution in [0.15, 0.2) is 61.1 Å². The Hall–Kier alpha value is -2.95. The maximum atomic E-state index is 12.7. The first-order valence-electron chi connectivity index (χ1n) is 11.2. The number of nitrogens with zero attached hydrogens (tertiary/aromatic N) is 2. The number of para-hydroxylation sites is 1. The SMILES string of the molecule is CCC[n+]1cc2c(c3ccccc31)-c1ccc3c[n+](CCC(F)(F)F)ccc3c1C2(C)C. The van der Waals surface area contributed by atoms with Gasteiger partial charge in [0.2, 0.25) is 5.52 Å². The van der Waals surface area contributed by atoms with Crippen molar-refractivity contribution in [1.29, 1.82) is 0 Å². The normalized spacial score (nSPS) is 14.7.